The lowest BCUT2D eigenvalue weighted by Crippen LogP contribution is -2.52. The number of nitrogens with one attached hydrogen (secondary N) is 1. The van der Waals surface area contributed by atoms with Gasteiger partial charge >= 0.3 is 0 Å². The van der Waals surface area contributed by atoms with Crippen LogP contribution in [0.25, 0.3) is 0 Å². The van der Waals surface area contributed by atoms with Gasteiger partial charge in [-0.05, 0) is 25.7 Å². The zero-order valence-electron chi connectivity index (χ0n) is 7.72. The Balaban J connectivity index is 2.60. The van der Waals surface area contributed by atoms with E-state index in [2.05, 4.69) is 26.1 Å². The van der Waals surface area contributed by atoms with Gasteiger partial charge in [0.2, 0.25) is 0 Å². The topological polar surface area (TPSA) is 32.3 Å². The maximum Gasteiger partial charge on any atom is 0.0697 e. The largest absolute Gasteiger partial charge is 0.390 e. The van der Waals surface area contributed by atoms with E-state index in [1.807, 2.05) is 0 Å². The van der Waals surface area contributed by atoms with Gasteiger partial charge in [0, 0.05) is 12.6 Å². The van der Waals surface area contributed by atoms with Crippen LogP contribution < -0.4 is 5.32 Å². The van der Waals surface area contributed by atoms with Crippen molar-refractivity contribution in [3.63, 3.8) is 0 Å². The molecule has 3 atom stereocenters. The van der Waals surface area contributed by atoms with Crippen molar-refractivity contribution < 1.29 is 5.11 Å². The Kier molecular flexibility index (Phi) is 2.55. The van der Waals surface area contributed by atoms with E-state index in [4.69, 9.17) is 0 Å². The van der Waals surface area contributed by atoms with Crippen LogP contribution in [-0.2, 0) is 0 Å². The fraction of sp³-hybridized carbons (Fsp3) is 1.00. The maximum atomic E-state index is 10.1. The summed E-state index contributed by atoms with van der Waals surface area (Å²) >= 11 is 0. The summed E-state index contributed by atoms with van der Waals surface area (Å²) < 4.78 is 0. The van der Waals surface area contributed by atoms with Gasteiger partial charge in [-0.15, -0.1) is 0 Å². The SMILES string of the molecule is CCC1(O)CC(C)NCC1C. The third-order valence-corrected chi connectivity index (χ3v) is 2.96. The van der Waals surface area contributed by atoms with E-state index in [1.54, 1.807) is 0 Å². The van der Waals surface area contributed by atoms with E-state index in [9.17, 15) is 5.11 Å². The van der Waals surface area contributed by atoms with Crippen LogP contribution in [0.15, 0.2) is 0 Å². The van der Waals surface area contributed by atoms with E-state index < -0.39 is 5.60 Å². The lowest BCUT2D eigenvalue weighted by molar-refractivity contribution is -0.0476. The summed E-state index contributed by atoms with van der Waals surface area (Å²) in [4.78, 5) is 0. The normalized spacial score (nSPS) is 45.8. The second-order valence-corrected chi connectivity index (χ2v) is 3.87. The van der Waals surface area contributed by atoms with Crippen molar-refractivity contribution in [3.05, 3.63) is 0 Å². The van der Waals surface area contributed by atoms with E-state index in [0.717, 1.165) is 19.4 Å². The van der Waals surface area contributed by atoms with Crippen molar-refractivity contribution in [2.45, 2.75) is 45.3 Å². The van der Waals surface area contributed by atoms with E-state index in [1.165, 1.54) is 0 Å². The standard InChI is InChI=1S/C9H19NO/c1-4-9(11)5-8(3)10-6-7(9)2/h7-8,10-11H,4-6H2,1-3H3. The minimum absolute atomic E-state index is 0.392. The van der Waals surface area contributed by atoms with Crippen LogP contribution >= 0.6 is 0 Å². The Hall–Kier alpha value is -0.0800. The molecular weight excluding hydrogens is 138 g/mol. The fourth-order valence-electron chi connectivity index (χ4n) is 1.86. The van der Waals surface area contributed by atoms with Crippen molar-refractivity contribution in [1.82, 2.24) is 5.32 Å². The third kappa shape index (κ3) is 1.74. The highest BCUT2D eigenvalue weighted by Gasteiger charge is 2.36. The predicted octanol–water partition coefficient (Wildman–Crippen LogP) is 1.15. The van der Waals surface area contributed by atoms with Gasteiger partial charge in [-0.1, -0.05) is 13.8 Å². The van der Waals surface area contributed by atoms with Gasteiger partial charge in [-0.3, -0.25) is 0 Å². The molecule has 1 aliphatic heterocycles. The monoisotopic (exact) mass is 157 g/mol. The second-order valence-electron chi connectivity index (χ2n) is 3.87. The van der Waals surface area contributed by atoms with Gasteiger partial charge in [0.15, 0.2) is 0 Å². The predicted molar refractivity (Wildman–Crippen MR) is 46.5 cm³/mol. The molecule has 0 aliphatic carbocycles. The lowest BCUT2D eigenvalue weighted by Gasteiger charge is -2.41. The first-order chi connectivity index (χ1) is 5.08. The molecule has 0 aromatic carbocycles. The Bertz CT molecular complexity index is 138. The van der Waals surface area contributed by atoms with Gasteiger partial charge in [-0.2, -0.15) is 0 Å². The van der Waals surface area contributed by atoms with Crippen LogP contribution in [0, 0.1) is 5.92 Å². The third-order valence-electron chi connectivity index (χ3n) is 2.96. The van der Waals surface area contributed by atoms with Crippen molar-refractivity contribution in [2.75, 3.05) is 6.54 Å². The molecule has 11 heavy (non-hydrogen) atoms. The molecule has 0 radical (unpaired) electrons. The zero-order valence-corrected chi connectivity index (χ0v) is 7.72. The molecule has 1 rings (SSSR count). The summed E-state index contributed by atoms with van der Waals surface area (Å²) in [6.45, 7) is 7.26. The molecule has 3 unspecified atom stereocenters. The molecule has 2 heteroatoms. The molecule has 2 N–H and O–H groups in total. The number of hydrogen-bond acceptors (Lipinski definition) is 2. The smallest absolute Gasteiger partial charge is 0.0697 e. The minimum atomic E-state index is -0.412. The molecule has 0 spiro atoms. The number of piperidine rings is 1. The maximum absolute atomic E-state index is 10.1. The van der Waals surface area contributed by atoms with Crippen LogP contribution in [0.5, 0.6) is 0 Å². The van der Waals surface area contributed by atoms with Crippen LogP contribution in [-0.4, -0.2) is 23.3 Å². The molecular formula is C9H19NO. The van der Waals surface area contributed by atoms with Gasteiger partial charge < -0.3 is 10.4 Å². The molecule has 0 saturated carbocycles. The van der Waals surface area contributed by atoms with Crippen molar-refractivity contribution in [2.24, 2.45) is 5.92 Å². The first-order valence-corrected chi connectivity index (χ1v) is 4.54. The zero-order chi connectivity index (χ0) is 8.48. The summed E-state index contributed by atoms with van der Waals surface area (Å²) in [6.07, 6.45) is 1.77. The Morgan fingerprint density at radius 1 is 1.55 bits per heavy atom. The van der Waals surface area contributed by atoms with Crippen LogP contribution in [0.3, 0.4) is 0 Å². The minimum Gasteiger partial charge on any atom is -0.390 e. The van der Waals surface area contributed by atoms with Crippen LogP contribution in [0.2, 0.25) is 0 Å². The summed E-state index contributed by atoms with van der Waals surface area (Å²) in [5, 5.41) is 13.4. The molecule has 0 aromatic rings. The molecule has 0 amide bonds. The van der Waals surface area contributed by atoms with Crippen molar-refractivity contribution in [3.8, 4) is 0 Å². The quantitative estimate of drug-likeness (QED) is 0.598. The number of rotatable bonds is 1. The van der Waals surface area contributed by atoms with Gasteiger partial charge in [0.05, 0.1) is 5.60 Å². The van der Waals surface area contributed by atoms with Crippen molar-refractivity contribution >= 4 is 0 Å². The molecule has 0 aromatic heterocycles. The molecule has 0 bridgehead atoms. The number of aliphatic hydroxyl groups is 1. The highest BCUT2D eigenvalue weighted by molar-refractivity contribution is 4.91. The lowest BCUT2D eigenvalue weighted by atomic mass is 9.78. The van der Waals surface area contributed by atoms with E-state index >= 15 is 0 Å². The Labute approximate surface area is 69.0 Å². The van der Waals surface area contributed by atoms with E-state index in [-0.39, 0.29) is 0 Å². The number of hydrogen-bond donors (Lipinski definition) is 2. The fourth-order valence-corrected chi connectivity index (χ4v) is 1.86. The molecule has 1 fully saturated rings. The second kappa shape index (κ2) is 3.11. The summed E-state index contributed by atoms with van der Waals surface area (Å²) in [5.41, 5.74) is -0.412. The Morgan fingerprint density at radius 3 is 2.64 bits per heavy atom. The first kappa shape index (κ1) is 9.01. The van der Waals surface area contributed by atoms with Crippen LogP contribution in [0.1, 0.15) is 33.6 Å². The average molecular weight is 157 g/mol. The molecule has 1 aliphatic rings. The van der Waals surface area contributed by atoms with Gasteiger partial charge in [0.1, 0.15) is 0 Å². The van der Waals surface area contributed by atoms with Crippen LogP contribution in [0.4, 0.5) is 0 Å². The summed E-state index contributed by atoms with van der Waals surface area (Å²) in [5.74, 6) is 0.392. The molecule has 2 nitrogen and oxygen atoms in total. The molecule has 1 saturated heterocycles. The van der Waals surface area contributed by atoms with Gasteiger partial charge in [0.25, 0.3) is 0 Å². The molecule has 66 valence electrons. The summed E-state index contributed by atoms with van der Waals surface area (Å²) in [7, 11) is 0. The first-order valence-electron chi connectivity index (χ1n) is 4.54. The van der Waals surface area contributed by atoms with Gasteiger partial charge in [-0.25, -0.2) is 0 Å². The average Bonchev–Trinajstić information content (AvgIpc) is 1.98. The Morgan fingerprint density at radius 2 is 2.18 bits per heavy atom. The molecule has 1 heterocycles. The van der Waals surface area contributed by atoms with Crippen molar-refractivity contribution in [1.29, 1.82) is 0 Å². The highest BCUT2D eigenvalue weighted by Crippen LogP contribution is 2.29. The summed E-state index contributed by atoms with van der Waals surface area (Å²) in [6, 6.07) is 0.469. The highest BCUT2D eigenvalue weighted by atomic mass is 16.3. The van der Waals surface area contributed by atoms with E-state index in [0.29, 0.717) is 12.0 Å².